The fraction of sp³-hybridized carbons (Fsp3) is 0.375. The monoisotopic (exact) mass is 452 g/mol. The normalized spacial score (nSPS) is 18.1. The van der Waals surface area contributed by atoms with Gasteiger partial charge < -0.3 is 16.0 Å². The summed E-state index contributed by atoms with van der Waals surface area (Å²) in [5.41, 5.74) is 3.63. The van der Waals surface area contributed by atoms with Gasteiger partial charge in [-0.15, -0.1) is 0 Å². The van der Waals surface area contributed by atoms with Gasteiger partial charge in [0.1, 0.15) is 12.6 Å². The molecule has 4 rings (SSSR count). The van der Waals surface area contributed by atoms with Crippen LogP contribution in [0.3, 0.4) is 0 Å². The Balaban J connectivity index is 1.49. The van der Waals surface area contributed by atoms with Crippen molar-refractivity contribution in [2.45, 2.75) is 37.8 Å². The summed E-state index contributed by atoms with van der Waals surface area (Å²) in [5, 5.41) is 8.81. The van der Waals surface area contributed by atoms with E-state index < -0.39 is 12.1 Å². The molecule has 2 aromatic carbocycles. The Bertz CT molecular complexity index is 1010. The van der Waals surface area contributed by atoms with E-state index in [1.165, 1.54) is 10.5 Å². The number of anilines is 2. The molecule has 1 heterocycles. The molecular weight excluding hydrogens is 424 g/mol. The quantitative estimate of drug-likeness (QED) is 0.626. The second kappa shape index (κ2) is 10.1. The van der Waals surface area contributed by atoms with Crippen molar-refractivity contribution < 1.29 is 14.4 Å². The fourth-order valence-electron chi connectivity index (χ4n) is 4.32. The Kier molecular flexibility index (Phi) is 6.99. The van der Waals surface area contributed by atoms with Gasteiger partial charge in [-0.25, -0.2) is 4.79 Å². The van der Waals surface area contributed by atoms with Crippen LogP contribution in [0.5, 0.6) is 0 Å². The molecule has 32 heavy (non-hydrogen) atoms. The van der Waals surface area contributed by atoms with Gasteiger partial charge in [0.15, 0.2) is 0 Å². The Morgan fingerprint density at radius 3 is 2.81 bits per heavy atom. The van der Waals surface area contributed by atoms with Crippen LogP contribution in [0.1, 0.15) is 36.4 Å². The molecule has 8 heteroatoms. The van der Waals surface area contributed by atoms with E-state index in [2.05, 4.69) is 28.1 Å². The Morgan fingerprint density at radius 1 is 1.19 bits per heavy atom. The standard InChI is InChI=1S/C24H28N4O3S/c1-32-14-13-20(23(30)26-18-11-6-8-16-7-2-3-9-17(16)18)27-24(31)28-15-22(29)25-19-10-4-5-12-21(19)28/h2-5,7,9-10,12,18,20H,6,8,11,13-15H2,1H3,(H,25,29)(H,26,30)(H,27,31)/t18-,20-/m1/s1. The number of urea groups is 1. The number of carbonyl (C=O) groups is 3. The maximum absolute atomic E-state index is 13.2. The van der Waals surface area contributed by atoms with E-state index in [1.54, 1.807) is 30.0 Å². The summed E-state index contributed by atoms with van der Waals surface area (Å²) in [6.07, 6.45) is 5.40. The number of fused-ring (bicyclic) bond motifs is 2. The molecule has 0 fully saturated rings. The van der Waals surface area contributed by atoms with Gasteiger partial charge in [0.2, 0.25) is 11.8 Å². The van der Waals surface area contributed by atoms with Gasteiger partial charge in [0, 0.05) is 0 Å². The molecule has 0 bridgehead atoms. The molecule has 1 aliphatic carbocycles. The van der Waals surface area contributed by atoms with Crippen LogP contribution in [0, 0.1) is 0 Å². The lowest BCUT2D eigenvalue weighted by atomic mass is 9.87. The van der Waals surface area contributed by atoms with E-state index >= 15 is 0 Å². The van der Waals surface area contributed by atoms with Crippen molar-refractivity contribution >= 4 is 41.0 Å². The van der Waals surface area contributed by atoms with Gasteiger partial charge in [0.05, 0.1) is 17.4 Å². The van der Waals surface area contributed by atoms with Crippen LogP contribution in [0.2, 0.25) is 0 Å². The number of thioether (sulfide) groups is 1. The molecule has 0 saturated heterocycles. The largest absolute Gasteiger partial charge is 0.348 e. The predicted molar refractivity (Wildman–Crippen MR) is 128 cm³/mol. The van der Waals surface area contributed by atoms with Crippen molar-refractivity contribution in [3.63, 3.8) is 0 Å². The molecule has 2 atom stereocenters. The van der Waals surface area contributed by atoms with Crippen LogP contribution in [0.15, 0.2) is 48.5 Å². The topological polar surface area (TPSA) is 90.5 Å². The van der Waals surface area contributed by atoms with E-state index in [9.17, 15) is 14.4 Å². The summed E-state index contributed by atoms with van der Waals surface area (Å²) in [6, 6.07) is 14.2. The van der Waals surface area contributed by atoms with E-state index in [0.29, 0.717) is 17.8 Å². The SMILES string of the molecule is CSCC[C@@H](NC(=O)N1CC(=O)Nc2ccccc21)C(=O)N[C@@H]1CCCc2ccccc21. The highest BCUT2D eigenvalue weighted by atomic mass is 32.2. The van der Waals surface area contributed by atoms with Crippen molar-refractivity contribution in [2.24, 2.45) is 0 Å². The highest BCUT2D eigenvalue weighted by Gasteiger charge is 2.31. The Morgan fingerprint density at radius 2 is 1.97 bits per heavy atom. The van der Waals surface area contributed by atoms with Crippen molar-refractivity contribution in [1.29, 1.82) is 0 Å². The van der Waals surface area contributed by atoms with Gasteiger partial charge in [-0.3, -0.25) is 14.5 Å². The average Bonchev–Trinajstić information content (AvgIpc) is 2.81. The summed E-state index contributed by atoms with van der Waals surface area (Å²) in [5.74, 6) is 0.281. The van der Waals surface area contributed by atoms with Crippen LogP contribution in [0.4, 0.5) is 16.2 Å². The minimum Gasteiger partial charge on any atom is -0.348 e. The van der Waals surface area contributed by atoms with Crippen LogP contribution in [0.25, 0.3) is 0 Å². The highest BCUT2D eigenvalue weighted by Crippen LogP contribution is 2.30. The number of hydrogen-bond donors (Lipinski definition) is 3. The summed E-state index contributed by atoms with van der Waals surface area (Å²) in [4.78, 5) is 39.8. The van der Waals surface area contributed by atoms with Gasteiger partial charge in [-0.05, 0) is 61.0 Å². The van der Waals surface area contributed by atoms with Gasteiger partial charge in [-0.2, -0.15) is 11.8 Å². The molecule has 168 valence electrons. The second-order valence-electron chi connectivity index (χ2n) is 8.09. The number of nitrogens with zero attached hydrogens (tertiary/aromatic N) is 1. The molecule has 0 aromatic heterocycles. The molecule has 7 nitrogen and oxygen atoms in total. The number of carbonyl (C=O) groups excluding carboxylic acids is 3. The summed E-state index contributed by atoms with van der Waals surface area (Å²) < 4.78 is 0. The van der Waals surface area contributed by atoms with Gasteiger partial charge in [0.25, 0.3) is 0 Å². The summed E-state index contributed by atoms with van der Waals surface area (Å²) in [6.45, 7) is -0.0876. The smallest absolute Gasteiger partial charge is 0.323 e. The van der Waals surface area contributed by atoms with E-state index in [1.807, 2.05) is 24.5 Å². The summed E-state index contributed by atoms with van der Waals surface area (Å²) in [7, 11) is 0. The van der Waals surface area contributed by atoms with Crippen molar-refractivity contribution in [3.8, 4) is 0 Å². The third kappa shape index (κ3) is 4.91. The number of para-hydroxylation sites is 2. The lowest BCUT2D eigenvalue weighted by molar-refractivity contribution is -0.123. The number of hydrogen-bond acceptors (Lipinski definition) is 4. The first-order valence-corrected chi connectivity index (χ1v) is 12.3. The zero-order valence-electron chi connectivity index (χ0n) is 18.1. The molecule has 0 radical (unpaired) electrons. The van der Waals surface area contributed by atoms with Crippen molar-refractivity contribution in [1.82, 2.24) is 10.6 Å². The van der Waals surface area contributed by atoms with Crippen molar-refractivity contribution in [2.75, 3.05) is 28.8 Å². The van der Waals surface area contributed by atoms with E-state index in [-0.39, 0.29) is 24.4 Å². The number of nitrogens with one attached hydrogen (secondary N) is 3. The first kappa shape index (κ1) is 22.2. The highest BCUT2D eigenvalue weighted by molar-refractivity contribution is 7.98. The maximum Gasteiger partial charge on any atom is 0.323 e. The third-order valence-electron chi connectivity index (χ3n) is 5.93. The molecule has 3 N–H and O–H groups in total. The molecule has 0 spiro atoms. The molecule has 2 aliphatic rings. The van der Waals surface area contributed by atoms with Gasteiger partial charge >= 0.3 is 6.03 Å². The van der Waals surface area contributed by atoms with Crippen molar-refractivity contribution in [3.05, 3.63) is 59.7 Å². The van der Waals surface area contributed by atoms with Gasteiger partial charge in [-0.1, -0.05) is 36.4 Å². The van der Waals surface area contributed by atoms with Crippen LogP contribution < -0.4 is 20.9 Å². The number of amides is 4. The molecule has 0 saturated carbocycles. The minimum atomic E-state index is -0.679. The zero-order valence-corrected chi connectivity index (χ0v) is 18.9. The van der Waals surface area contributed by atoms with Crippen LogP contribution in [-0.4, -0.2) is 42.4 Å². The maximum atomic E-state index is 13.2. The minimum absolute atomic E-state index is 0.0531. The van der Waals surface area contributed by atoms with E-state index in [0.717, 1.165) is 30.6 Å². The number of benzene rings is 2. The summed E-state index contributed by atoms with van der Waals surface area (Å²) >= 11 is 1.62. The predicted octanol–water partition coefficient (Wildman–Crippen LogP) is 3.47. The first-order chi connectivity index (χ1) is 15.6. The average molecular weight is 453 g/mol. The molecular formula is C24H28N4O3S. The zero-order chi connectivity index (χ0) is 22.5. The lowest BCUT2D eigenvalue weighted by Crippen LogP contribution is -2.54. The lowest BCUT2D eigenvalue weighted by Gasteiger charge is -2.32. The van der Waals surface area contributed by atoms with Crippen LogP contribution >= 0.6 is 11.8 Å². The first-order valence-electron chi connectivity index (χ1n) is 10.9. The Labute approximate surface area is 192 Å². The number of rotatable bonds is 6. The Hall–Kier alpha value is -3.00. The number of aryl methyl sites for hydroxylation is 1. The third-order valence-corrected chi connectivity index (χ3v) is 6.57. The molecule has 2 aromatic rings. The van der Waals surface area contributed by atoms with E-state index in [4.69, 9.17) is 0 Å². The van der Waals surface area contributed by atoms with Crippen LogP contribution in [-0.2, 0) is 16.0 Å². The fourth-order valence-corrected chi connectivity index (χ4v) is 4.79. The second-order valence-corrected chi connectivity index (χ2v) is 9.07. The molecule has 4 amide bonds. The molecule has 1 aliphatic heterocycles. The molecule has 0 unspecified atom stereocenters.